The van der Waals surface area contributed by atoms with Gasteiger partial charge in [0.15, 0.2) is 11.5 Å². The van der Waals surface area contributed by atoms with Gasteiger partial charge in [0.2, 0.25) is 0 Å². The van der Waals surface area contributed by atoms with Crippen LogP contribution in [0.15, 0.2) is 24.4 Å². The molecule has 2 heterocycles. The van der Waals surface area contributed by atoms with Gasteiger partial charge in [-0.15, -0.1) is 0 Å². The Hall–Kier alpha value is -1.81. The fraction of sp³-hybridized carbons (Fsp3) is 0.471. The van der Waals surface area contributed by atoms with Gasteiger partial charge in [-0.25, -0.2) is 0 Å². The van der Waals surface area contributed by atoms with E-state index in [4.69, 9.17) is 9.47 Å². The van der Waals surface area contributed by atoms with Crippen LogP contribution in [0.1, 0.15) is 18.4 Å². The van der Waals surface area contributed by atoms with E-state index < -0.39 is 0 Å². The second-order valence-corrected chi connectivity index (χ2v) is 5.65. The van der Waals surface area contributed by atoms with Crippen LogP contribution in [-0.4, -0.2) is 31.8 Å². The van der Waals surface area contributed by atoms with E-state index in [2.05, 4.69) is 17.2 Å². The zero-order chi connectivity index (χ0) is 14.7. The van der Waals surface area contributed by atoms with Crippen LogP contribution in [0.2, 0.25) is 0 Å². The Kier molecular flexibility index (Phi) is 4.25. The number of aryl methyl sites for hydroxylation is 1. The first-order chi connectivity index (χ1) is 10.3. The van der Waals surface area contributed by atoms with Crippen molar-refractivity contribution in [1.82, 2.24) is 10.3 Å². The summed E-state index contributed by atoms with van der Waals surface area (Å²) in [7, 11) is 1.68. The number of nitrogens with zero attached hydrogens (tertiary/aromatic N) is 1. The third-order valence-corrected chi connectivity index (χ3v) is 4.18. The minimum atomic E-state index is 0.622. The van der Waals surface area contributed by atoms with Gasteiger partial charge < -0.3 is 14.8 Å². The molecule has 0 unspecified atom stereocenters. The number of pyridine rings is 1. The molecule has 0 bridgehead atoms. The minimum absolute atomic E-state index is 0.622. The second-order valence-electron chi connectivity index (χ2n) is 5.65. The van der Waals surface area contributed by atoms with Gasteiger partial charge in [0.05, 0.1) is 19.2 Å². The average Bonchev–Trinajstić information content (AvgIpc) is 2.53. The maximum atomic E-state index is 6.02. The molecule has 112 valence electrons. The van der Waals surface area contributed by atoms with Gasteiger partial charge in [-0.1, -0.05) is 0 Å². The van der Waals surface area contributed by atoms with Gasteiger partial charge in [-0.3, -0.25) is 4.98 Å². The van der Waals surface area contributed by atoms with Crippen LogP contribution < -0.4 is 14.8 Å². The van der Waals surface area contributed by atoms with Crippen LogP contribution in [0.5, 0.6) is 11.5 Å². The monoisotopic (exact) mass is 286 g/mol. The van der Waals surface area contributed by atoms with Crippen molar-refractivity contribution in [1.29, 1.82) is 0 Å². The molecule has 4 heteroatoms. The van der Waals surface area contributed by atoms with E-state index >= 15 is 0 Å². The lowest BCUT2D eigenvalue weighted by molar-refractivity contribution is 0.208. The van der Waals surface area contributed by atoms with E-state index in [0.29, 0.717) is 5.92 Å². The lowest BCUT2D eigenvalue weighted by Gasteiger charge is -2.23. The molecule has 1 aliphatic heterocycles. The lowest BCUT2D eigenvalue weighted by Crippen LogP contribution is -2.30. The van der Waals surface area contributed by atoms with Gasteiger partial charge >= 0.3 is 0 Å². The zero-order valence-corrected chi connectivity index (χ0v) is 12.7. The summed E-state index contributed by atoms with van der Waals surface area (Å²) >= 11 is 0. The smallest absolute Gasteiger partial charge is 0.163 e. The molecule has 1 saturated heterocycles. The summed E-state index contributed by atoms with van der Waals surface area (Å²) in [6, 6.07) is 6.02. The standard InChI is InChI=1S/C17H22N2O2/c1-12-3-8-19-15-10-17(16(20-2)9-14(12)15)21-11-13-4-6-18-7-5-13/h3,8-10,13,18H,4-7,11H2,1-2H3. The number of fused-ring (bicyclic) bond motifs is 1. The van der Waals surface area contributed by atoms with E-state index in [1.54, 1.807) is 7.11 Å². The molecule has 0 radical (unpaired) electrons. The van der Waals surface area contributed by atoms with Crippen LogP contribution in [0.4, 0.5) is 0 Å². The van der Waals surface area contributed by atoms with Gasteiger partial charge in [-0.05, 0) is 56.5 Å². The Morgan fingerprint density at radius 3 is 2.81 bits per heavy atom. The molecule has 0 atom stereocenters. The number of methoxy groups -OCH3 is 1. The molecule has 21 heavy (non-hydrogen) atoms. The molecule has 0 saturated carbocycles. The number of nitrogens with one attached hydrogen (secondary N) is 1. The number of benzene rings is 1. The van der Waals surface area contributed by atoms with E-state index in [1.807, 2.05) is 24.4 Å². The highest BCUT2D eigenvalue weighted by Gasteiger charge is 2.15. The molecule has 1 aliphatic rings. The number of piperidine rings is 1. The van der Waals surface area contributed by atoms with Crippen molar-refractivity contribution >= 4 is 10.9 Å². The SMILES string of the molecule is COc1cc2c(C)ccnc2cc1OCC1CCNCC1. The van der Waals surface area contributed by atoms with Crippen molar-refractivity contribution in [3.8, 4) is 11.5 Å². The molecule has 0 amide bonds. The summed E-state index contributed by atoms with van der Waals surface area (Å²) in [5.74, 6) is 2.20. The quantitative estimate of drug-likeness (QED) is 0.938. The molecular weight excluding hydrogens is 264 g/mol. The second kappa shape index (κ2) is 6.31. The van der Waals surface area contributed by atoms with Crippen LogP contribution in [0.3, 0.4) is 0 Å². The first-order valence-electron chi connectivity index (χ1n) is 7.55. The van der Waals surface area contributed by atoms with Gasteiger partial charge in [0.1, 0.15) is 0 Å². The number of hydrogen-bond donors (Lipinski definition) is 1. The van der Waals surface area contributed by atoms with Gasteiger partial charge in [0.25, 0.3) is 0 Å². The molecule has 3 rings (SSSR count). The number of ether oxygens (including phenoxy) is 2. The molecule has 0 aliphatic carbocycles. The molecule has 1 aromatic heterocycles. The first-order valence-corrected chi connectivity index (χ1v) is 7.55. The Bertz CT molecular complexity index is 621. The zero-order valence-electron chi connectivity index (χ0n) is 12.7. The fourth-order valence-electron chi connectivity index (χ4n) is 2.82. The Balaban J connectivity index is 1.83. The van der Waals surface area contributed by atoms with Crippen molar-refractivity contribution < 1.29 is 9.47 Å². The molecule has 2 aromatic rings. The summed E-state index contributed by atoms with van der Waals surface area (Å²) in [6.45, 7) is 5.00. The Labute approximate surface area is 125 Å². The van der Waals surface area contributed by atoms with Crippen LogP contribution in [0.25, 0.3) is 10.9 Å². The maximum absolute atomic E-state index is 6.02. The minimum Gasteiger partial charge on any atom is -0.493 e. The molecule has 0 spiro atoms. The first kappa shape index (κ1) is 14.1. The van der Waals surface area contributed by atoms with Crippen molar-refractivity contribution in [3.05, 3.63) is 30.0 Å². The van der Waals surface area contributed by atoms with E-state index in [0.717, 1.165) is 42.1 Å². The molecule has 4 nitrogen and oxygen atoms in total. The van der Waals surface area contributed by atoms with Crippen LogP contribution in [0, 0.1) is 12.8 Å². The largest absolute Gasteiger partial charge is 0.493 e. The topological polar surface area (TPSA) is 43.4 Å². The summed E-state index contributed by atoms with van der Waals surface area (Å²) in [6.07, 6.45) is 4.18. The normalized spacial score (nSPS) is 16.1. The van der Waals surface area contributed by atoms with Crippen molar-refractivity contribution in [2.24, 2.45) is 5.92 Å². The number of aromatic nitrogens is 1. The number of rotatable bonds is 4. The van der Waals surface area contributed by atoms with Crippen LogP contribution >= 0.6 is 0 Å². The maximum Gasteiger partial charge on any atom is 0.163 e. The average molecular weight is 286 g/mol. The molecular formula is C17H22N2O2. The lowest BCUT2D eigenvalue weighted by atomic mass is 9.99. The van der Waals surface area contributed by atoms with Crippen molar-refractivity contribution in [3.63, 3.8) is 0 Å². The highest BCUT2D eigenvalue weighted by molar-refractivity contribution is 5.85. The molecule has 1 fully saturated rings. The van der Waals surface area contributed by atoms with E-state index in [-0.39, 0.29) is 0 Å². The third kappa shape index (κ3) is 3.10. The Morgan fingerprint density at radius 1 is 1.24 bits per heavy atom. The Morgan fingerprint density at radius 2 is 2.05 bits per heavy atom. The highest BCUT2D eigenvalue weighted by atomic mass is 16.5. The number of hydrogen-bond acceptors (Lipinski definition) is 4. The van der Waals surface area contributed by atoms with E-state index in [9.17, 15) is 0 Å². The fourth-order valence-corrected chi connectivity index (χ4v) is 2.82. The third-order valence-electron chi connectivity index (χ3n) is 4.18. The summed E-state index contributed by atoms with van der Waals surface area (Å²) in [4.78, 5) is 4.43. The highest BCUT2D eigenvalue weighted by Crippen LogP contribution is 2.33. The van der Waals surface area contributed by atoms with Crippen molar-refractivity contribution in [2.45, 2.75) is 19.8 Å². The predicted molar refractivity (Wildman–Crippen MR) is 84.1 cm³/mol. The molecule has 1 aromatic carbocycles. The predicted octanol–water partition coefficient (Wildman–Crippen LogP) is 2.93. The van der Waals surface area contributed by atoms with Crippen molar-refractivity contribution in [2.75, 3.05) is 26.8 Å². The summed E-state index contributed by atoms with van der Waals surface area (Å²) < 4.78 is 11.5. The summed E-state index contributed by atoms with van der Waals surface area (Å²) in [5.41, 5.74) is 2.15. The van der Waals surface area contributed by atoms with E-state index in [1.165, 1.54) is 18.4 Å². The molecule has 1 N–H and O–H groups in total. The van der Waals surface area contributed by atoms with Gasteiger partial charge in [0, 0.05) is 17.6 Å². The van der Waals surface area contributed by atoms with Gasteiger partial charge in [-0.2, -0.15) is 0 Å². The van der Waals surface area contributed by atoms with Crippen LogP contribution in [-0.2, 0) is 0 Å². The summed E-state index contributed by atoms with van der Waals surface area (Å²) in [5, 5.41) is 4.49.